The molecule has 2 aromatic carbocycles. The first-order valence-electron chi connectivity index (χ1n) is 4.73. The van der Waals surface area contributed by atoms with Gasteiger partial charge >= 0.3 is 0 Å². The van der Waals surface area contributed by atoms with Gasteiger partial charge in [-0.15, -0.1) is 12.5 Å². The Morgan fingerprint density at radius 1 is 0.882 bits per heavy atom. The third-order valence-corrected chi connectivity index (χ3v) is 2.11. The summed E-state index contributed by atoms with van der Waals surface area (Å²) in [7, 11) is 0. The van der Waals surface area contributed by atoms with E-state index in [1.807, 2.05) is 24.3 Å². The van der Waals surface area contributed by atoms with Gasteiger partial charge in [-0.1, -0.05) is 30.3 Å². The summed E-state index contributed by atoms with van der Waals surface area (Å²) in [6.45, 7) is 2.07. The summed E-state index contributed by atoms with van der Waals surface area (Å²) < 4.78 is 0. The fourth-order valence-electron chi connectivity index (χ4n) is 1.33. The molecule has 17 heavy (non-hydrogen) atoms. The van der Waals surface area contributed by atoms with Crippen LogP contribution in [0.1, 0.15) is 16.7 Å². The molecule has 0 amide bonds. The van der Waals surface area contributed by atoms with E-state index in [0.717, 1.165) is 5.56 Å². The maximum Gasteiger partial charge on any atom is 0 e. The summed E-state index contributed by atoms with van der Waals surface area (Å²) in [5, 5.41) is 0. The third kappa shape index (κ3) is 7.71. The molecular formula is C14H12Y3-2. The summed E-state index contributed by atoms with van der Waals surface area (Å²) in [5.41, 5.74) is 3.59. The Kier molecular flexibility index (Phi) is 14.1. The molecule has 0 bridgehead atoms. The van der Waals surface area contributed by atoms with Crippen LogP contribution in [0.15, 0.2) is 48.5 Å². The Labute approximate surface area is 179 Å². The molecular weight excluding hydrogens is 435 g/mol. The predicted octanol–water partition coefficient (Wildman–Crippen LogP) is 3.39. The van der Waals surface area contributed by atoms with Crippen molar-refractivity contribution in [2.24, 2.45) is 0 Å². The second kappa shape index (κ2) is 11.4. The minimum absolute atomic E-state index is 0. The van der Waals surface area contributed by atoms with E-state index in [4.69, 9.17) is 0 Å². The van der Waals surface area contributed by atoms with Crippen molar-refractivity contribution >= 4 is 0 Å². The number of rotatable bonds is 2. The van der Waals surface area contributed by atoms with Crippen LogP contribution in [0.2, 0.25) is 0 Å². The Morgan fingerprint density at radius 3 is 2.06 bits per heavy atom. The van der Waals surface area contributed by atoms with Crippen LogP contribution in [-0.4, -0.2) is 0 Å². The second-order valence-electron chi connectivity index (χ2n) is 3.38. The van der Waals surface area contributed by atoms with E-state index >= 15 is 0 Å². The summed E-state index contributed by atoms with van der Waals surface area (Å²) in [6, 6.07) is 19.7. The molecule has 0 spiro atoms. The molecule has 0 aliphatic carbocycles. The third-order valence-electron chi connectivity index (χ3n) is 2.11. The summed E-state index contributed by atoms with van der Waals surface area (Å²) in [4.78, 5) is 0. The smallest absolute Gasteiger partial charge is 0 e. The molecule has 0 N–H and O–H groups in total. The Balaban J connectivity index is 0. The Hall–Kier alpha value is 1.62. The topological polar surface area (TPSA) is 0 Å². The number of aryl methyl sites for hydroxylation is 1. The van der Waals surface area contributed by atoms with Crippen molar-refractivity contribution in [2.45, 2.75) is 6.92 Å². The summed E-state index contributed by atoms with van der Waals surface area (Å²) in [5.74, 6) is 0. The van der Waals surface area contributed by atoms with Crippen molar-refractivity contribution in [3.8, 4) is 0 Å². The van der Waals surface area contributed by atoms with E-state index in [2.05, 4.69) is 43.7 Å². The first kappa shape index (κ1) is 20.9. The van der Waals surface area contributed by atoms with E-state index in [0.29, 0.717) is 0 Å². The molecule has 3 heteroatoms. The van der Waals surface area contributed by atoms with Crippen molar-refractivity contribution in [1.82, 2.24) is 0 Å². The molecule has 0 saturated heterocycles. The van der Waals surface area contributed by atoms with Gasteiger partial charge in [0.15, 0.2) is 0 Å². The molecule has 0 unspecified atom stereocenters. The number of hydrogen-bond acceptors (Lipinski definition) is 0. The minimum atomic E-state index is 0. The first-order valence-corrected chi connectivity index (χ1v) is 4.73. The van der Waals surface area contributed by atoms with Crippen LogP contribution in [0, 0.1) is 19.4 Å². The van der Waals surface area contributed by atoms with Gasteiger partial charge < -0.3 is 0 Å². The van der Waals surface area contributed by atoms with Crippen LogP contribution >= 0.6 is 0 Å². The first-order chi connectivity index (χ1) is 6.84. The second-order valence-corrected chi connectivity index (χ2v) is 3.38. The van der Waals surface area contributed by atoms with Gasteiger partial charge in [-0.05, 0) is 0 Å². The van der Waals surface area contributed by atoms with Gasteiger partial charge in [0.05, 0.1) is 0 Å². The van der Waals surface area contributed by atoms with Gasteiger partial charge in [-0.3, -0.25) is 11.6 Å². The molecule has 2 aromatic rings. The van der Waals surface area contributed by atoms with Gasteiger partial charge in [0.2, 0.25) is 0 Å². The van der Waals surface area contributed by atoms with Crippen LogP contribution in [0.3, 0.4) is 0 Å². The predicted molar refractivity (Wildman–Crippen MR) is 59.0 cm³/mol. The molecule has 0 heterocycles. The van der Waals surface area contributed by atoms with Crippen LogP contribution in [0.4, 0.5) is 0 Å². The zero-order valence-corrected chi connectivity index (χ0v) is 18.4. The SMILES string of the molecule is Cc1c[c-]c([CH-]c2ccccc2)cc1.[Y].[Y].[Y]. The summed E-state index contributed by atoms with van der Waals surface area (Å²) >= 11 is 0. The summed E-state index contributed by atoms with van der Waals surface area (Å²) in [6.07, 6.45) is 2.12. The van der Waals surface area contributed by atoms with E-state index in [-0.39, 0.29) is 98.1 Å². The van der Waals surface area contributed by atoms with Crippen molar-refractivity contribution < 1.29 is 98.1 Å². The molecule has 3 radical (unpaired) electrons. The van der Waals surface area contributed by atoms with Crippen molar-refractivity contribution in [2.75, 3.05) is 0 Å². The van der Waals surface area contributed by atoms with Crippen LogP contribution in [-0.2, 0) is 98.1 Å². The van der Waals surface area contributed by atoms with Gasteiger partial charge in [-0.2, -0.15) is 0 Å². The Bertz CT molecular complexity index is 396. The molecule has 0 saturated carbocycles. The maximum absolute atomic E-state index is 3.23. The van der Waals surface area contributed by atoms with Crippen LogP contribution in [0.25, 0.3) is 0 Å². The van der Waals surface area contributed by atoms with E-state index in [1.54, 1.807) is 0 Å². The minimum Gasteiger partial charge on any atom is -0.282 e. The van der Waals surface area contributed by atoms with Crippen molar-refractivity contribution in [3.05, 3.63) is 77.7 Å². The van der Waals surface area contributed by atoms with E-state index in [1.165, 1.54) is 11.1 Å². The monoisotopic (exact) mass is 447 g/mol. The maximum atomic E-state index is 3.23. The molecule has 0 aliphatic rings. The van der Waals surface area contributed by atoms with E-state index < -0.39 is 0 Å². The van der Waals surface area contributed by atoms with Gasteiger partial charge in [-0.25, -0.2) is 30.2 Å². The van der Waals surface area contributed by atoms with Gasteiger partial charge in [0.1, 0.15) is 0 Å². The standard InChI is InChI=1S/C14H12.3Y/c1-12-7-9-14(10-8-12)11-13-5-3-2-4-6-13;;;/h2-9,11H,1H3;;;/q-2;;;. The largest absolute Gasteiger partial charge is 0.282 e. The number of benzene rings is 2. The molecule has 0 atom stereocenters. The molecule has 0 fully saturated rings. The average Bonchev–Trinajstić information content (AvgIpc) is 2.23. The van der Waals surface area contributed by atoms with Crippen molar-refractivity contribution in [1.29, 1.82) is 0 Å². The van der Waals surface area contributed by atoms with Crippen molar-refractivity contribution in [3.63, 3.8) is 0 Å². The fraction of sp³-hybridized carbons (Fsp3) is 0.0714. The Morgan fingerprint density at radius 2 is 1.53 bits per heavy atom. The van der Waals surface area contributed by atoms with Crippen LogP contribution in [0.5, 0.6) is 0 Å². The fourth-order valence-corrected chi connectivity index (χ4v) is 1.33. The van der Waals surface area contributed by atoms with Crippen LogP contribution < -0.4 is 0 Å². The zero-order chi connectivity index (χ0) is 9.80. The number of hydrogen-bond donors (Lipinski definition) is 0. The molecule has 0 aromatic heterocycles. The molecule has 0 nitrogen and oxygen atoms in total. The molecule has 79 valence electrons. The molecule has 2 rings (SSSR count). The van der Waals surface area contributed by atoms with Gasteiger partial charge in [0.25, 0.3) is 0 Å². The van der Waals surface area contributed by atoms with Gasteiger partial charge in [0, 0.05) is 98.1 Å². The van der Waals surface area contributed by atoms with E-state index in [9.17, 15) is 0 Å². The average molecular weight is 447 g/mol. The zero-order valence-electron chi connectivity index (χ0n) is 9.93. The quantitative estimate of drug-likeness (QED) is 0.620. The normalized spacial score (nSPS) is 8.06. The molecule has 0 aliphatic heterocycles.